The SMILES string of the molecule is CC1=C(C(=O)Nc2ccccc2)C(c2ccc(C#N)cc2)n2nc(C)cc2N1. The molecule has 3 aromatic rings. The van der Waals surface area contributed by atoms with Crippen molar-refractivity contribution in [3.8, 4) is 6.07 Å². The Morgan fingerprint density at radius 2 is 1.86 bits per heavy atom. The van der Waals surface area contributed by atoms with Crippen LogP contribution < -0.4 is 10.6 Å². The summed E-state index contributed by atoms with van der Waals surface area (Å²) in [5.41, 5.74) is 4.42. The van der Waals surface area contributed by atoms with E-state index in [1.165, 1.54) is 0 Å². The first-order chi connectivity index (χ1) is 13.6. The predicted octanol–water partition coefficient (Wildman–Crippen LogP) is 3.99. The van der Waals surface area contributed by atoms with E-state index in [9.17, 15) is 4.79 Å². The van der Waals surface area contributed by atoms with Crippen molar-refractivity contribution < 1.29 is 4.79 Å². The summed E-state index contributed by atoms with van der Waals surface area (Å²) < 4.78 is 1.82. The van der Waals surface area contributed by atoms with Gasteiger partial charge < -0.3 is 10.6 Å². The van der Waals surface area contributed by atoms with Crippen LogP contribution in [0.4, 0.5) is 11.5 Å². The van der Waals surface area contributed by atoms with Gasteiger partial charge >= 0.3 is 0 Å². The second-order valence-electron chi connectivity index (χ2n) is 6.74. The molecule has 1 unspecified atom stereocenters. The van der Waals surface area contributed by atoms with Crippen molar-refractivity contribution in [2.75, 3.05) is 10.6 Å². The maximum atomic E-state index is 13.2. The highest BCUT2D eigenvalue weighted by atomic mass is 16.1. The van der Waals surface area contributed by atoms with Gasteiger partial charge in [0.25, 0.3) is 5.91 Å². The van der Waals surface area contributed by atoms with Crippen LogP contribution in [0.15, 0.2) is 71.9 Å². The minimum absolute atomic E-state index is 0.190. The number of para-hydroxylation sites is 1. The summed E-state index contributed by atoms with van der Waals surface area (Å²) in [7, 11) is 0. The van der Waals surface area contributed by atoms with E-state index in [0.717, 1.165) is 28.5 Å². The van der Waals surface area contributed by atoms with Crippen molar-refractivity contribution in [1.29, 1.82) is 5.26 Å². The van der Waals surface area contributed by atoms with Crippen LogP contribution in [0.5, 0.6) is 0 Å². The van der Waals surface area contributed by atoms with E-state index in [4.69, 9.17) is 5.26 Å². The molecule has 0 aliphatic carbocycles. The Hall–Kier alpha value is -3.85. The molecule has 0 saturated carbocycles. The predicted molar refractivity (Wildman–Crippen MR) is 108 cm³/mol. The molecule has 6 nitrogen and oxygen atoms in total. The zero-order valence-corrected chi connectivity index (χ0v) is 15.6. The summed E-state index contributed by atoms with van der Waals surface area (Å²) in [6.45, 7) is 3.81. The molecule has 28 heavy (non-hydrogen) atoms. The first kappa shape index (κ1) is 17.6. The van der Waals surface area contributed by atoms with Crippen molar-refractivity contribution in [3.63, 3.8) is 0 Å². The van der Waals surface area contributed by atoms with E-state index in [1.807, 2.05) is 67.1 Å². The molecule has 4 rings (SSSR count). The number of amides is 1. The fourth-order valence-electron chi connectivity index (χ4n) is 3.46. The average molecular weight is 369 g/mol. The molecular formula is C22H19N5O. The van der Waals surface area contributed by atoms with E-state index >= 15 is 0 Å². The molecule has 0 fully saturated rings. The number of carbonyl (C=O) groups is 1. The summed E-state index contributed by atoms with van der Waals surface area (Å²) in [6, 6.07) is 20.3. The lowest BCUT2D eigenvalue weighted by molar-refractivity contribution is -0.113. The number of rotatable bonds is 3. The largest absolute Gasteiger partial charge is 0.344 e. The molecule has 0 bridgehead atoms. The van der Waals surface area contributed by atoms with E-state index < -0.39 is 0 Å². The third kappa shape index (κ3) is 3.14. The third-order valence-corrected chi connectivity index (χ3v) is 4.73. The molecule has 0 saturated heterocycles. The van der Waals surface area contributed by atoms with Crippen molar-refractivity contribution in [3.05, 3.63) is 88.8 Å². The number of aromatic nitrogens is 2. The summed E-state index contributed by atoms with van der Waals surface area (Å²) in [4.78, 5) is 13.2. The molecule has 2 aromatic carbocycles. The van der Waals surface area contributed by atoms with E-state index in [2.05, 4.69) is 21.8 Å². The molecule has 2 heterocycles. The Bertz CT molecular complexity index is 1100. The van der Waals surface area contributed by atoms with Gasteiger partial charge in [0.15, 0.2) is 0 Å². The Balaban J connectivity index is 1.79. The Labute approximate surface area is 163 Å². The zero-order chi connectivity index (χ0) is 19.7. The number of allylic oxidation sites excluding steroid dienone is 1. The number of anilines is 2. The molecule has 2 N–H and O–H groups in total. The number of nitriles is 1. The molecule has 1 aliphatic heterocycles. The van der Waals surface area contributed by atoms with Crippen molar-refractivity contribution in [2.45, 2.75) is 19.9 Å². The van der Waals surface area contributed by atoms with Crippen LogP contribution in [0.2, 0.25) is 0 Å². The third-order valence-electron chi connectivity index (χ3n) is 4.73. The van der Waals surface area contributed by atoms with Gasteiger partial charge in [-0.05, 0) is 43.7 Å². The summed E-state index contributed by atoms with van der Waals surface area (Å²) in [6.07, 6.45) is 0. The topological polar surface area (TPSA) is 82.7 Å². The van der Waals surface area contributed by atoms with Gasteiger partial charge in [0.2, 0.25) is 0 Å². The van der Waals surface area contributed by atoms with Gasteiger partial charge in [-0.15, -0.1) is 0 Å². The lowest BCUT2D eigenvalue weighted by Gasteiger charge is -2.29. The van der Waals surface area contributed by atoms with Gasteiger partial charge in [-0.1, -0.05) is 30.3 Å². The zero-order valence-electron chi connectivity index (χ0n) is 15.6. The number of hydrogen-bond acceptors (Lipinski definition) is 4. The van der Waals surface area contributed by atoms with Gasteiger partial charge in [0, 0.05) is 17.5 Å². The minimum Gasteiger partial charge on any atom is -0.344 e. The van der Waals surface area contributed by atoms with Gasteiger partial charge in [0.05, 0.1) is 22.9 Å². The van der Waals surface area contributed by atoms with Gasteiger partial charge in [0.1, 0.15) is 11.9 Å². The number of fused-ring (bicyclic) bond motifs is 1. The number of aryl methyl sites for hydroxylation is 1. The number of nitrogens with zero attached hydrogens (tertiary/aromatic N) is 3. The van der Waals surface area contributed by atoms with E-state index in [0.29, 0.717) is 11.1 Å². The standard InChI is InChI=1S/C22H19N5O/c1-14-12-19-24-15(2)20(22(28)25-18-6-4-3-5-7-18)21(27(19)26-14)17-10-8-16(13-23)9-11-17/h3-12,21,24H,1-2H3,(H,25,28). The maximum Gasteiger partial charge on any atom is 0.255 e. The highest BCUT2D eigenvalue weighted by Gasteiger charge is 2.33. The second kappa shape index (κ2) is 7.05. The summed E-state index contributed by atoms with van der Waals surface area (Å²) >= 11 is 0. The molecule has 6 heteroatoms. The van der Waals surface area contributed by atoms with Crippen molar-refractivity contribution in [2.24, 2.45) is 0 Å². The van der Waals surface area contributed by atoms with Gasteiger partial charge in [-0.3, -0.25) is 4.79 Å². The molecule has 0 radical (unpaired) electrons. The van der Waals surface area contributed by atoms with Gasteiger partial charge in [-0.25, -0.2) is 4.68 Å². The van der Waals surface area contributed by atoms with Crippen molar-refractivity contribution >= 4 is 17.4 Å². The van der Waals surface area contributed by atoms with Gasteiger partial charge in [-0.2, -0.15) is 10.4 Å². The van der Waals surface area contributed by atoms with E-state index in [-0.39, 0.29) is 11.9 Å². The summed E-state index contributed by atoms with van der Waals surface area (Å²) in [5, 5.41) is 20.0. The van der Waals surface area contributed by atoms with Crippen LogP contribution in [0.3, 0.4) is 0 Å². The van der Waals surface area contributed by atoms with Crippen LogP contribution in [0.1, 0.15) is 29.8 Å². The minimum atomic E-state index is -0.388. The highest BCUT2D eigenvalue weighted by Crippen LogP contribution is 2.36. The molecule has 0 spiro atoms. The Morgan fingerprint density at radius 3 is 2.54 bits per heavy atom. The van der Waals surface area contributed by atoms with Crippen LogP contribution >= 0.6 is 0 Å². The lowest BCUT2D eigenvalue weighted by atomic mass is 9.94. The molecule has 1 aliphatic rings. The first-order valence-electron chi connectivity index (χ1n) is 8.97. The number of nitrogens with one attached hydrogen (secondary N) is 2. The number of hydrogen-bond donors (Lipinski definition) is 2. The fourth-order valence-corrected chi connectivity index (χ4v) is 3.46. The fraction of sp³-hybridized carbons (Fsp3) is 0.136. The number of carbonyl (C=O) groups excluding carboxylic acids is 1. The number of benzene rings is 2. The second-order valence-corrected chi connectivity index (χ2v) is 6.74. The average Bonchev–Trinajstić information content (AvgIpc) is 3.07. The summed E-state index contributed by atoms with van der Waals surface area (Å²) in [5.74, 6) is 0.644. The van der Waals surface area contributed by atoms with E-state index in [1.54, 1.807) is 12.1 Å². The molecular weight excluding hydrogens is 350 g/mol. The van der Waals surface area contributed by atoms with Crippen LogP contribution in [0, 0.1) is 18.3 Å². The quantitative estimate of drug-likeness (QED) is 0.731. The lowest BCUT2D eigenvalue weighted by Crippen LogP contribution is -2.31. The smallest absolute Gasteiger partial charge is 0.255 e. The molecule has 1 aromatic heterocycles. The Morgan fingerprint density at radius 1 is 1.14 bits per heavy atom. The highest BCUT2D eigenvalue weighted by molar-refractivity contribution is 6.06. The molecule has 138 valence electrons. The van der Waals surface area contributed by atoms with Crippen molar-refractivity contribution in [1.82, 2.24) is 9.78 Å². The molecule has 1 amide bonds. The normalized spacial score (nSPS) is 15.4. The van der Waals surface area contributed by atoms with Crippen LogP contribution in [0.25, 0.3) is 0 Å². The van der Waals surface area contributed by atoms with Crippen LogP contribution in [-0.4, -0.2) is 15.7 Å². The maximum absolute atomic E-state index is 13.2. The first-order valence-corrected chi connectivity index (χ1v) is 8.97. The van der Waals surface area contributed by atoms with Crippen LogP contribution in [-0.2, 0) is 4.79 Å². The Kier molecular flexibility index (Phi) is 4.42. The molecule has 1 atom stereocenters. The monoisotopic (exact) mass is 369 g/mol.